The van der Waals surface area contributed by atoms with E-state index in [-0.39, 0.29) is 0 Å². The van der Waals surface area contributed by atoms with Crippen molar-refractivity contribution in [3.63, 3.8) is 0 Å². The Morgan fingerprint density at radius 3 is 2.21 bits per heavy atom. The van der Waals surface area contributed by atoms with Crippen LogP contribution in [0.1, 0.15) is 59.8 Å². The van der Waals surface area contributed by atoms with Gasteiger partial charge in [0.1, 0.15) is 0 Å². The Kier molecular flexibility index (Phi) is 4.94. The van der Waals surface area contributed by atoms with E-state index in [4.69, 9.17) is 0 Å². The second-order valence-electron chi connectivity index (χ2n) is 5.13. The highest BCUT2D eigenvalue weighted by Crippen LogP contribution is 2.34. The largest absolute Gasteiger partial charge is 0.311 e. The van der Waals surface area contributed by atoms with E-state index >= 15 is 0 Å². The molecule has 0 aliphatic heterocycles. The molecule has 1 saturated carbocycles. The standard InChI is InChI=1S/C13H27N/c1-5-10(3)11(4)14-13(6-2)9-12-7-8-12/h10-14H,5-9H2,1-4H3. The molecule has 1 N–H and O–H groups in total. The van der Waals surface area contributed by atoms with Crippen molar-refractivity contribution in [2.75, 3.05) is 0 Å². The minimum Gasteiger partial charge on any atom is -0.311 e. The molecule has 0 bridgehead atoms. The third kappa shape index (κ3) is 4.00. The van der Waals surface area contributed by atoms with E-state index in [2.05, 4.69) is 33.0 Å². The molecule has 0 spiro atoms. The summed E-state index contributed by atoms with van der Waals surface area (Å²) in [5.41, 5.74) is 0. The minimum atomic E-state index is 0.684. The highest BCUT2D eigenvalue weighted by Gasteiger charge is 2.25. The molecule has 0 aromatic carbocycles. The molecule has 3 unspecified atom stereocenters. The molecule has 0 saturated heterocycles. The summed E-state index contributed by atoms with van der Waals surface area (Å²) >= 11 is 0. The maximum absolute atomic E-state index is 3.79. The number of hydrogen-bond acceptors (Lipinski definition) is 1. The van der Waals surface area contributed by atoms with Crippen LogP contribution < -0.4 is 5.32 Å². The van der Waals surface area contributed by atoms with E-state index < -0.39 is 0 Å². The van der Waals surface area contributed by atoms with Crippen LogP contribution in [0, 0.1) is 11.8 Å². The summed E-state index contributed by atoms with van der Waals surface area (Å²) in [6, 6.07) is 1.45. The first-order valence-corrected chi connectivity index (χ1v) is 6.43. The lowest BCUT2D eigenvalue weighted by atomic mass is 9.98. The van der Waals surface area contributed by atoms with E-state index in [0.717, 1.165) is 17.9 Å². The molecule has 14 heavy (non-hydrogen) atoms. The molecule has 1 rings (SSSR count). The third-order valence-electron chi connectivity index (χ3n) is 3.80. The molecule has 0 aromatic heterocycles. The molecule has 1 fully saturated rings. The predicted molar refractivity (Wildman–Crippen MR) is 63.5 cm³/mol. The van der Waals surface area contributed by atoms with Crippen molar-refractivity contribution in [1.29, 1.82) is 0 Å². The zero-order valence-corrected chi connectivity index (χ0v) is 10.3. The lowest BCUT2D eigenvalue weighted by Crippen LogP contribution is -2.40. The predicted octanol–water partition coefficient (Wildman–Crippen LogP) is 3.59. The molecule has 0 heterocycles. The quantitative estimate of drug-likeness (QED) is 0.657. The third-order valence-corrected chi connectivity index (χ3v) is 3.80. The monoisotopic (exact) mass is 197 g/mol. The Labute approximate surface area is 89.7 Å². The van der Waals surface area contributed by atoms with Crippen molar-refractivity contribution >= 4 is 0 Å². The van der Waals surface area contributed by atoms with E-state index in [1.54, 1.807) is 0 Å². The van der Waals surface area contributed by atoms with Crippen molar-refractivity contribution in [3.8, 4) is 0 Å². The average molecular weight is 197 g/mol. The summed E-state index contributed by atoms with van der Waals surface area (Å²) in [5, 5.41) is 3.79. The van der Waals surface area contributed by atoms with Gasteiger partial charge in [0.25, 0.3) is 0 Å². The van der Waals surface area contributed by atoms with E-state index in [1.807, 2.05) is 0 Å². The molecule has 1 heteroatoms. The zero-order chi connectivity index (χ0) is 10.6. The van der Waals surface area contributed by atoms with Crippen molar-refractivity contribution in [2.45, 2.75) is 71.9 Å². The fraction of sp³-hybridized carbons (Fsp3) is 1.00. The lowest BCUT2D eigenvalue weighted by Gasteiger charge is -2.26. The van der Waals surface area contributed by atoms with Crippen molar-refractivity contribution < 1.29 is 0 Å². The van der Waals surface area contributed by atoms with Gasteiger partial charge in [-0.2, -0.15) is 0 Å². The first kappa shape index (κ1) is 12.0. The Bertz CT molecular complexity index is 151. The van der Waals surface area contributed by atoms with Gasteiger partial charge >= 0.3 is 0 Å². The average Bonchev–Trinajstić information content (AvgIpc) is 2.99. The summed E-state index contributed by atoms with van der Waals surface area (Å²) in [6.45, 7) is 9.28. The van der Waals surface area contributed by atoms with Gasteiger partial charge in [-0.1, -0.05) is 40.0 Å². The Morgan fingerprint density at radius 2 is 1.79 bits per heavy atom. The normalized spacial score (nSPS) is 23.1. The molecule has 0 aromatic rings. The smallest absolute Gasteiger partial charge is 0.00696 e. The molecular formula is C13H27N. The topological polar surface area (TPSA) is 12.0 Å². The van der Waals surface area contributed by atoms with Gasteiger partial charge in [0.2, 0.25) is 0 Å². The highest BCUT2D eigenvalue weighted by atomic mass is 14.9. The van der Waals surface area contributed by atoms with E-state index in [0.29, 0.717) is 6.04 Å². The van der Waals surface area contributed by atoms with Crippen LogP contribution in [-0.4, -0.2) is 12.1 Å². The van der Waals surface area contributed by atoms with Crippen molar-refractivity contribution in [1.82, 2.24) is 5.32 Å². The van der Waals surface area contributed by atoms with Crippen LogP contribution in [-0.2, 0) is 0 Å². The molecular weight excluding hydrogens is 170 g/mol. The molecule has 0 radical (unpaired) electrons. The van der Waals surface area contributed by atoms with Gasteiger partial charge in [-0.05, 0) is 31.6 Å². The highest BCUT2D eigenvalue weighted by molar-refractivity contribution is 4.81. The molecule has 1 aliphatic carbocycles. The zero-order valence-electron chi connectivity index (χ0n) is 10.3. The fourth-order valence-electron chi connectivity index (χ4n) is 2.00. The van der Waals surface area contributed by atoms with Crippen LogP contribution in [0.2, 0.25) is 0 Å². The van der Waals surface area contributed by atoms with Crippen LogP contribution in [0.5, 0.6) is 0 Å². The minimum absolute atomic E-state index is 0.684. The van der Waals surface area contributed by atoms with Crippen LogP contribution >= 0.6 is 0 Å². The molecule has 1 nitrogen and oxygen atoms in total. The molecule has 3 atom stereocenters. The first-order chi connectivity index (χ1) is 6.67. The molecule has 0 amide bonds. The summed E-state index contributed by atoms with van der Waals surface area (Å²) in [7, 11) is 0. The second kappa shape index (κ2) is 5.75. The van der Waals surface area contributed by atoms with Crippen molar-refractivity contribution in [3.05, 3.63) is 0 Å². The van der Waals surface area contributed by atoms with Gasteiger partial charge < -0.3 is 5.32 Å². The maximum Gasteiger partial charge on any atom is 0.00696 e. The molecule has 1 aliphatic rings. The van der Waals surface area contributed by atoms with Gasteiger partial charge in [0, 0.05) is 12.1 Å². The second-order valence-corrected chi connectivity index (χ2v) is 5.13. The van der Waals surface area contributed by atoms with Gasteiger partial charge in [-0.3, -0.25) is 0 Å². The van der Waals surface area contributed by atoms with E-state index in [9.17, 15) is 0 Å². The molecule has 84 valence electrons. The van der Waals surface area contributed by atoms with Gasteiger partial charge in [0.05, 0.1) is 0 Å². The number of nitrogens with one attached hydrogen (secondary N) is 1. The van der Waals surface area contributed by atoms with Crippen LogP contribution in [0.3, 0.4) is 0 Å². The number of rotatable bonds is 7. The Morgan fingerprint density at radius 1 is 1.14 bits per heavy atom. The van der Waals surface area contributed by atoms with Gasteiger partial charge in [0.15, 0.2) is 0 Å². The van der Waals surface area contributed by atoms with Crippen LogP contribution in [0.4, 0.5) is 0 Å². The maximum atomic E-state index is 3.79. The fourth-order valence-corrected chi connectivity index (χ4v) is 2.00. The Balaban J connectivity index is 2.23. The van der Waals surface area contributed by atoms with Crippen LogP contribution in [0.15, 0.2) is 0 Å². The van der Waals surface area contributed by atoms with Crippen LogP contribution in [0.25, 0.3) is 0 Å². The number of hydrogen-bond donors (Lipinski definition) is 1. The SMILES string of the molecule is CCC(CC1CC1)NC(C)C(C)CC. The summed E-state index contributed by atoms with van der Waals surface area (Å²) in [6.07, 6.45) is 6.95. The lowest BCUT2D eigenvalue weighted by molar-refractivity contribution is 0.325. The van der Waals surface area contributed by atoms with Gasteiger partial charge in [-0.15, -0.1) is 0 Å². The van der Waals surface area contributed by atoms with Gasteiger partial charge in [-0.25, -0.2) is 0 Å². The first-order valence-electron chi connectivity index (χ1n) is 6.43. The summed E-state index contributed by atoms with van der Waals surface area (Å²) in [4.78, 5) is 0. The summed E-state index contributed by atoms with van der Waals surface area (Å²) in [5.74, 6) is 1.86. The Hall–Kier alpha value is -0.0400. The summed E-state index contributed by atoms with van der Waals surface area (Å²) < 4.78 is 0. The van der Waals surface area contributed by atoms with E-state index in [1.165, 1.54) is 32.1 Å². The van der Waals surface area contributed by atoms with Crippen molar-refractivity contribution in [2.24, 2.45) is 11.8 Å².